The molecule has 1 aromatic carbocycles. The van der Waals surface area contributed by atoms with Crippen LogP contribution in [0.5, 0.6) is 0 Å². The fourth-order valence-corrected chi connectivity index (χ4v) is 2.67. The number of fused-ring (bicyclic) bond motifs is 1. The van der Waals surface area contributed by atoms with Gasteiger partial charge in [-0.2, -0.15) is 13.2 Å². The normalized spacial score (nSPS) is 11.4. The van der Waals surface area contributed by atoms with Crippen LogP contribution in [-0.2, 0) is 10.9 Å². The Labute approximate surface area is 152 Å². The first-order valence-corrected chi connectivity index (χ1v) is 8.07. The maximum atomic E-state index is 12.8. The van der Waals surface area contributed by atoms with Gasteiger partial charge in [0.1, 0.15) is 5.69 Å². The quantitative estimate of drug-likeness (QED) is 0.687. The average molecular weight is 376 g/mol. The minimum atomic E-state index is -4.51. The molecular formula is C19H15F3N2O3. The fourth-order valence-electron chi connectivity index (χ4n) is 2.67. The Balaban J connectivity index is 1.96. The zero-order valence-electron chi connectivity index (χ0n) is 14.2. The van der Waals surface area contributed by atoms with Crippen LogP contribution in [-0.4, -0.2) is 22.9 Å². The van der Waals surface area contributed by atoms with E-state index in [-0.39, 0.29) is 23.6 Å². The summed E-state index contributed by atoms with van der Waals surface area (Å²) >= 11 is 0. The Bertz CT molecular complexity index is 1010. The number of anilines is 1. The molecule has 0 fully saturated rings. The molecule has 0 saturated heterocycles. The van der Waals surface area contributed by atoms with Crippen LogP contribution in [0, 0.1) is 0 Å². The summed E-state index contributed by atoms with van der Waals surface area (Å²) in [5.41, 5.74) is -0.103. The zero-order valence-corrected chi connectivity index (χ0v) is 14.2. The van der Waals surface area contributed by atoms with Crippen LogP contribution >= 0.6 is 0 Å². The van der Waals surface area contributed by atoms with Gasteiger partial charge in [-0.15, -0.1) is 0 Å². The molecule has 27 heavy (non-hydrogen) atoms. The number of aromatic nitrogens is 1. The minimum Gasteiger partial charge on any atom is -0.462 e. The molecule has 0 unspecified atom stereocenters. The second kappa shape index (κ2) is 7.14. The van der Waals surface area contributed by atoms with Crippen LogP contribution in [0.3, 0.4) is 0 Å². The van der Waals surface area contributed by atoms with E-state index in [2.05, 4.69) is 5.32 Å². The lowest BCUT2D eigenvalue weighted by atomic mass is 10.2. The number of hydrogen-bond donors (Lipinski definition) is 1. The van der Waals surface area contributed by atoms with Gasteiger partial charge in [0.2, 0.25) is 0 Å². The molecule has 1 amide bonds. The first-order chi connectivity index (χ1) is 12.8. The number of benzene rings is 1. The van der Waals surface area contributed by atoms with E-state index < -0.39 is 23.6 Å². The maximum Gasteiger partial charge on any atom is 0.416 e. The summed E-state index contributed by atoms with van der Waals surface area (Å²) in [5.74, 6) is -1.23. The number of pyridine rings is 1. The molecule has 0 aliphatic carbocycles. The van der Waals surface area contributed by atoms with E-state index >= 15 is 0 Å². The molecule has 3 aromatic rings. The highest BCUT2D eigenvalue weighted by atomic mass is 19.4. The number of ether oxygens (including phenoxy) is 1. The van der Waals surface area contributed by atoms with E-state index in [0.29, 0.717) is 5.52 Å². The molecule has 2 aromatic heterocycles. The molecular weight excluding hydrogens is 361 g/mol. The number of halogens is 3. The van der Waals surface area contributed by atoms with Crippen molar-refractivity contribution < 1.29 is 27.5 Å². The fraction of sp³-hybridized carbons (Fsp3) is 0.158. The highest BCUT2D eigenvalue weighted by Gasteiger charge is 2.30. The third-order valence-electron chi connectivity index (χ3n) is 3.85. The predicted octanol–water partition coefficient (Wildman–Crippen LogP) is 4.39. The van der Waals surface area contributed by atoms with Gasteiger partial charge in [-0.1, -0.05) is 12.1 Å². The van der Waals surface area contributed by atoms with Gasteiger partial charge in [0.05, 0.1) is 23.3 Å². The molecule has 3 rings (SSSR count). The SMILES string of the molecule is CCOC(=O)c1cc(C(=O)Nc2cccc(C(F)(F)F)c2)n2ccccc12. The number of alkyl halides is 3. The van der Waals surface area contributed by atoms with Crippen molar-refractivity contribution in [2.45, 2.75) is 13.1 Å². The molecule has 2 heterocycles. The second-order valence-corrected chi connectivity index (χ2v) is 5.65. The van der Waals surface area contributed by atoms with Gasteiger partial charge in [-0.3, -0.25) is 4.79 Å². The Morgan fingerprint density at radius 1 is 1.11 bits per heavy atom. The third kappa shape index (κ3) is 3.79. The minimum absolute atomic E-state index is 0.00149. The zero-order chi connectivity index (χ0) is 19.6. The van der Waals surface area contributed by atoms with Crippen molar-refractivity contribution in [1.82, 2.24) is 4.40 Å². The Hall–Kier alpha value is -3.29. The first-order valence-electron chi connectivity index (χ1n) is 8.07. The Morgan fingerprint density at radius 2 is 1.89 bits per heavy atom. The molecule has 8 heteroatoms. The van der Waals surface area contributed by atoms with Crippen molar-refractivity contribution in [3.8, 4) is 0 Å². The Morgan fingerprint density at radius 3 is 2.59 bits per heavy atom. The highest BCUT2D eigenvalue weighted by molar-refractivity contribution is 6.07. The summed E-state index contributed by atoms with van der Waals surface area (Å²) in [7, 11) is 0. The molecule has 140 valence electrons. The number of amides is 1. The van der Waals surface area contributed by atoms with Crippen LogP contribution < -0.4 is 5.32 Å². The summed E-state index contributed by atoms with van der Waals surface area (Å²) in [6.07, 6.45) is -2.93. The predicted molar refractivity (Wildman–Crippen MR) is 92.8 cm³/mol. The van der Waals surface area contributed by atoms with Gasteiger partial charge in [0.15, 0.2) is 0 Å². The molecule has 0 saturated carbocycles. The smallest absolute Gasteiger partial charge is 0.416 e. The molecule has 1 N–H and O–H groups in total. The van der Waals surface area contributed by atoms with Crippen molar-refractivity contribution in [2.75, 3.05) is 11.9 Å². The van der Waals surface area contributed by atoms with Gasteiger partial charge in [0.25, 0.3) is 5.91 Å². The number of nitrogens with one attached hydrogen (secondary N) is 1. The number of nitrogens with zero attached hydrogens (tertiary/aromatic N) is 1. The topological polar surface area (TPSA) is 59.8 Å². The van der Waals surface area contributed by atoms with E-state index in [0.717, 1.165) is 12.1 Å². The summed E-state index contributed by atoms with van der Waals surface area (Å²) in [6, 6.07) is 10.7. The largest absolute Gasteiger partial charge is 0.462 e. The monoisotopic (exact) mass is 376 g/mol. The number of hydrogen-bond acceptors (Lipinski definition) is 3. The lowest BCUT2D eigenvalue weighted by Gasteiger charge is -2.10. The van der Waals surface area contributed by atoms with E-state index in [9.17, 15) is 22.8 Å². The summed E-state index contributed by atoms with van der Waals surface area (Å²) in [4.78, 5) is 24.7. The second-order valence-electron chi connectivity index (χ2n) is 5.65. The molecule has 0 radical (unpaired) electrons. The van der Waals surface area contributed by atoms with Crippen molar-refractivity contribution in [3.05, 3.63) is 71.5 Å². The van der Waals surface area contributed by atoms with Crippen LogP contribution in [0.2, 0.25) is 0 Å². The van der Waals surface area contributed by atoms with Crippen molar-refractivity contribution >= 4 is 23.1 Å². The Kier molecular flexibility index (Phi) is 4.89. The number of carbonyl (C=O) groups excluding carboxylic acids is 2. The van der Waals surface area contributed by atoms with Crippen LogP contribution in [0.4, 0.5) is 18.9 Å². The lowest BCUT2D eigenvalue weighted by molar-refractivity contribution is -0.137. The molecule has 5 nitrogen and oxygen atoms in total. The van der Waals surface area contributed by atoms with Gasteiger partial charge in [0, 0.05) is 11.9 Å². The summed E-state index contributed by atoms with van der Waals surface area (Å²) in [5, 5.41) is 2.44. The van der Waals surface area contributed by atoms with Gasteiger partial charge in [-0.25, -0.2) is 4.79 Å². The van der Waals surface area contributed by atoms with E-state index in [4.69, 9.17) is 4.74 Å². The van der Waals surface area contributed by atoms with Crippen molar-refractivity contribution in [1.29, 1.82) is 0 Å². The molecule has 0 spiro atoms. The van der Waals surface area contributed by atoms with Crippen molar-refractivity contribution in [2.24, 2.45) is 0 Å². The molecule has 0 atom stereocenters. The highest BCUT2D eigenvalue weighted by Crippen LogP contribution is 2.30. The molecule has 0 bridgehead atoms. The van der Waals surface area contributed by atoms with Gasteiger partial charge >= 0.3 is 12.1 Å². The van der Waals surface area contributed by atoms with E-state index in [1.807, 2.05) is 0 Å². The standard InChI is InChI=1S/C19H15F3N2O3/c1-2-27-18(26)14-11-16(24-9-4-3-8-15(14)24)17(25)23-13-7-5-6-12(10-13)19(20,21)22/h3-11H,2H2,1H3,(H,23,25). The van der Waals surface area contributed by atoms with Crippen LogP contribution in [0.1, 0.15) is 33.3 Å². The summed E-state index contributed by atoms with van der Waals surface area (Å²) < 4.78 is 45.0. The van der Waals surface area contributed by atoms with Crippen LogP contribution in [0.15, 0.2) is 54.7 Å². The van der Waals surface area contributed by atoms with E-state index in [1.165, 1.54) is 22.6 Å². The average Bonchev–Trinajstić information content (AvgIpc) is 3.01. The molecule has 0 aliphatic rings. The maximum absolute atomic E-state index is 12.8. The van der Waals surface area contributed by atoms with Gasteiger partial charge < -0.3 is 14.5 Å². The lowest BCUT2D eigenvalue weighted by Crippen LogP contribution is -2.15. The third-order valence-corrected chi connectivity index (χ3v) is 3.85. The number of rotatable bonds is 4. The van der Waals surface area contributed by atoms with Crippen LogP contribution in [0.25, 0.3) is 5.52 Å². The molecule has 0 aliphatic heterocycles. The summed E-state index contributed by atoms with van der Waals surface area (Å²) in [6.45, 7) is 1.84. The number of esters is 1. The first kappa shape index (κ1) is 18.5. The number of carbonyl (C=O) groups is 2. The van der Waals surface area contributed by atoms with Gasteiger partial charge in [-0.05, 0) is 43.3 Å². The van der Waals surface area contributed by atoms with E-state index in [1.54, 1.807) is 31.3 Å². The van der Waals surface area contributed by atoms with Crippen molar-refractivity contribution in [3.63, 3.8) is 0 Å².